The smallest absolute Gasteiger partial charge is 0.252 e. The van der Waals surface area contributed by atoms with Gasteiger partial charge in [-0.25, -0.2) is 4.98 Å². The van der Waals surface area contributed by atoms with Crippen LogP contribution in [-0.4, -0.2) is 17.4 Å². The summed E-state index contributed by atoms with van der Waals surface area (Å²) in [6.45, 7) is 2.48. The lowest BCUT2D eigenvalue weighted by molar-refractivity contribution is 0.0954. The molecule has 0 aliphatic carbocycles. The van der Waals surface area contributed by atoms with Crippen LogP contribution in [0.15, 0.2) is 23.6 Å². The van der Waals surface area contributed by atoms with E-state index in [4.69, 9.17) is 23.2 Å². The summed E-state index contributed by atoms with van der Waals surface area (Å²) in [5, 5.41) is 6.49. The first-order valence-electron chi connectivity index (χ1n) is 5.71. The van der Waals surface area contributed by atoms with Crippen molar-refractivity contribution in [1.29, 1.82) is 0 Å². The quantitative estimate of drug-likeness (QED) is 0.934. The predicted octanol–water partition coefficient (Wildman–Crippen LogP) is 3.73. The van der Waals surface area contributed by atoms with Crippen molar-refractivity contribution < 1.29 is 4.79 Å². The maximum absolute atomic E-state index is 11.9. The van der Waals surface area contributed by atoms with Crippen LogP contribution >= 0.6 is 34.5 Å². The first-order valence-corrected chi connectivity index (χ1v) is 7.34. The molecule has 0 spiro atoms. The van der Waals surface area contributed by atoms with Gasteiger partial charge in [0.15, 0.2) is 0 Å². The van der Waals surface area contributed by atoms with Crippen LogP contribution in [0.2, 0.25) is 10.0 Å². The summed E-state index contributed by atoms with van der Waals surface area (Å²) in [7, 11) is 0. The third kappa shape index (κ3) is 3.69. The fourth-order valence-corrected chi connectivity index (χ4v) is 2.64. The highest BCUT2D eigenvalue weighted by atomic mass is 35.5. The number of nitrogens with one attached hydrogen (secondary N) is 1. The number of nitrogens with zero attached hydrogens (tertiary/aromatic N) is 1. The fraction of sp³-hybridized carbons (Fsp3) is 0.231. The van der Waals surface area contributed by atoms with Gasteiger partial charge in [-0.1, -0.05) is 29.3 Å². The number of halogens is 2. The van der Waals surface area contributed by atoms with Crippen molar-refractivity contribution in [3.05, 3.63) is 49.9 Å². The lowest BCUT2D eigenvalue weighted by atomic mass is 10.2. The van der Waals surface area contributed by atoms with E-state index in [1.54, 1.807) is 29.5 Å². The largest absolute Gasteiger partial charge is 0.352 e. The van der Waals surface area contributed by atoms with Gasteiger partial charge in [0.2, 0.25) is 0 Å². The van der Waals surface area contributed by atoms with Crippen molar-refractivity contribution >= 4 is 40.4 Å². The summed E-state index contributed by atoms with van der Waals surface area (Å²) in [5.41, 5.74) is 1.38. The summed E-state index contributed by atoms with van der Waals surface area (Å²) in [4.78, 5) is 16.3. The second-order valence-electron chi connectivity index (χ2n) is 3.97. The van der Waals surface area contributed by atoms with Gasteiger partial charge >= 0.3 is 0 Å². The van der Waals surface area contributed by atoms with Crippen LogP contribution in [0.4, 0.5) is 0 Å². The maximum Gasteiger partial charge on any atom is 0.252 e. The van der Waals surface area contributed by atoms with Crippen LogP contribution in [0.5, 0.6) is 0 Å². The molecule has 2 rings (SSSR count). The normalized spacial score (nSPS) is 10.5. The van der Waals surface area contributed by atoms with Crippen molar-refractivity contribution in [2.45, 2.75) is 13.3 Å². The van der Waals surface area contributed by atoms with E-state index >= 15 is 0 Å². The summed E-state index contributed by atoms with van der Waals surface area (Å²) < 4.78 is 0. The molecule has 0 saturated heterocycles. The van der Waals surface area contributed by atoms with Crippen molar-refractivity contribution in [1.82, 2.24) is 10.3 Å². The van der Waals surface area contributed by atoms with E-state index in [1.807, 2.05) is 12.3 Å². The molecule has 1 aromatic heterocycles. The summed E-state index contributed by atoms with van der Waals surface area (Å²) in [5.74, 6) is -0.223. The highest BCUT2D eigenvalue weighted by Gasteiger charge is 2.12. The SMILES string of the molecule is Cc1nc(CCNC(=O)c2cccc(Cl)c2Cl)cs1. The van der Waals surface area contributed by atoms with Gasteiger partial charge in [0.25, 0.3) is 5.91 Å². The van der Waals surface area contributed by atoms with E-state index in [0.29, 0.717) is 23.6 Å². The fourth-order valence-electron chi connectivity index (χ4n) is 1.60. The molecular formula is C13H12Cl2N2OS. The predicted molar refractivity (Wildman–Crippen MR) is 79.4 cm³/mol. The number of hydrogen-bond donors (Lipinski definition) is 1. The van der Waals surface area contributed by atoms with Crippen molar-refractivity contribution in [3.8, 4) is 0 Å². The second kappa shape index (κ2) is 6.37. The van der Waals surface area contributed by atoms with Crippen LogP contribution in [-0.2, 0) is 6.42 Å². The number of carbonyl (C=O) groups is 1. The van der Waals surface area contributed by atoms with Gasteiger partial charge in [0.1, 0.15) is 0 Å². The molecule has 1 aromatic carbocycles. The monoisotopic (exact) mass is 314 g/mol. The number of aryl methyl sites for hydroxylation is 1. The Morgan fingerprint density at radius 2 is 2.21 bits per heavy atom. The molecular weight excluding hydrogens is 303 g/mol. The van der Waals surface area contributed by atoms with Gasteiger partial charge in [-0.15, -0.1) is 11.3 Å². The Balaban J connectivity index is 1.93. The highest BCUT2D eigenvalue weighted by molar-refractivity contribution is 7.09. The third-order valence-corrected chi connectivity index (χ3v) is 4.17. The standard InChI is InChI=1S/C13H12Cl2N2OS/c1-8-17-9(7-19-8)5-6-16-13(18)10-3-2-4-11(14)12(10)15/h2-4,7H,5-6H2,1H3,(H,16,18). The molecule has 1 heterocycles. The molecule has 0 radical (unpaired) electrons. The highest BCUT2D eigenvalue weighted by Crippen LogP contribution is 2.25. The minimum Gasteiger partial charge on any atom is -0.352 e. The Morgan fingerprint density at radius 3 is 2.89 bits per heavy atom. The lowest BCUT2D eigenvalue weighted by Crippen LogP contribution is -2.26. The first kappa shape index (κ1) is 14.3. The van der Waals surface area contributed by atoms with E-state index in [2.05, 4.69) is 10.3 Å². The van der Waals surface area contributed by atoms with Gasteiger partial charge in [0.05, 0.1) is 26.3 Å². The van der Waals surface area contributed by atoms with Crippen LogP contribution in [0.25, 0.3) is 0 Å². The minimum atomic E-state index is -0.223. The van der Waals surface area contributed by atoms with Crippen molar-refractivity contribution in [2.75, 3.05) is 6.54 Å². The molecule has 0 aliphatic rings. The molecule has 0 unspecified atom stereocenters. The maximum atomic E-state index is 11.9. The average Bonchev–Trinajstić information content (AvgIpc) is 2.78. The third-order valence-electron chi connectivity index (χ3n) is 2.53. The number of thiazole rings is 1. The molecule has 0 atom stereocenters. The van der Waals surface area contributed by atoms with E-state index < -0.39 is 0 Å². The van der Waals surface area contributed by atoms with Crippen LogP contribution in [0.1, 0.15) is 21.1 Å². The van der Waals surface area contributed by atoms with Crippen LogP contribution in [0, 0.1) is 6.92 Å². The van der Waals surface area contributed by atoms with Crippen molar-refractivity contribution in [3.63, 3.8) is 0 Å². The molecule has 0 aliphatic heterocycles. The molecule has 2 aromatic rings. The molecule has 0 fully saturated rings. The van der Waals surface area contributed by atoms with Gasteiger partial charge in [-0.3, -0.25) is 4.79 Å². The second-order valence-corrected chi connectivity index (χ2v) is 5.81. The number of aromatic nitrogens is 1. The van der Waals surface area contributed by atoms with Gasteiger partial charge in [0, 0.05) is 18.3 Å². The number of hydrogen-bond acceptors (Lipinski definition) is 3. The van der Waals surface area contributed by atoms with E-state index in [0.717, 1.165) is 10.7 Å². The Kier molecular flexibility index (Phi) is 4.80. The van der Waals surface area contributed by atoms with E-state index in [9.17, 15) is 4.79 Å². The van der Waals surface area contributed by atoms with Crippen LogP contribution in [0.3, 0.4) is 0 Å². The Hall–Kier alpha value is -1.10. The van der Waals surface area contributed by atoms with Gasteiger partial charge in [-0.05, 0) is 19.1 Å². The summed E-state index contributed by atoms with van der Waals surface area (Å²) in [6, 6.07) is 5.00. The average molecular weight is 315 g/mol. The zero-order valence-corrected chi connectivity index (χ0v) is 12.6. The number of amides is 1. The molecule has 0 saturated carbocycles. The molecule has 1 N–H and O–H groups in total. The topological polar surface area (TPSA) is 42.0 Å². The molecule has 100 valence electrons. The van der Waals surface area contributed by atoms with Gasteiger partial charge < -0.3 is 5.32 Å². The van der Waals surface area contributed by atoms with E-state index in [1.165, 1.54) is 0 Å². The van der Waals surface area contributed by atoms with Crippen molar-refractivity contribution in [2.24, 2.45) is 0 Å². The number of benzene rings is 1. The minimum absolute atomic E-state index is 0.223. The van der Waals surface area contributed by atoms with Crippen LogP contribution < -0.4 is 5.32 Å². The Bertz CT molecular complexity index is 598. The first-order chi connectivity index (χ1) is 9.08. The molecule has 19 heavy (non-hydrogen) atoms. The number of rotatable bonds is 4. The van der Waals surface area contributed by atoms with E-state index in [-0.39, 0.29) is 10.9 Å². The van der Waals surface area contributed by atoms with Gasteiger partial charge in [-0.2, -0.15) is 0 Å². The molecule has 3 nitrogen and oxygen atoms in total. The molecule has 1 amide bonds. The summed E-state index contributed by atoms with van der Waals surface area (Å²) >= 11 is 13.5. The Morgan fingerprint density at radius 1 is 1.42 bits per heavy atom. The molecule has 6 heteroatoms. The summed E-state index contributed by atoms with van der Waals surface area (Å²) in [6.07, 6.45) is 0.703. The zero-order valence-electron chi connectivity index (χ0n) is 10.2. The number of carbonyl (C=O) groups excluding carboxylic acids is 1. The Labute approximate surface area is 125 Å². The molecule has 0 bridgehead atoms. The zero-order chi connectivity index (χ0) is 13.8. The lowest BCUT2D eigenvalue weighted by Gasteiger charge is -2.06.